The van der Waals surface area contributed by atoms with Gasteiger partial charge in [0.25, 0.3) is 0 Å². The number of hydrogen-bond donors (Lipinski definition) is 1. The predicted molar refractivity (Wildman–Crippen MR) is 128 cm³/mol. The molecular formula is C25H31ClN2O5. The number of nitrogens with zero attached hydrogens (tertiary/aromatic N) is 1. The molecule has 1 amide bonds. The predicted octanol–water partition coefficient (Wildman–Crippen LogP) is 4.63. The number of rotatable bonds is 10. The molecule has 1 heterocycles. The molecule has 1 atom stereocenters. The number of benzene rings is 2. The Morgan fingerprint density at radius 3 is 2.42 bits per heavy atom. The van der Waals surface area contributed by atoms with Gasteiger partial charge in [0.2, 0.25) is 5.91 Å². The van der Waals surface area contributed by atoms with Gasteiger partial charge in [-0.2, -0.15) is 0 Å². The van der Waals surface area contributed by atoms with Crippen LogP contribution in [0.5, 0.6) is 11.5 Å². The molecule has 0 aromatic heterocycles. The van der Waals surface area contributed by atoms with Gasteiger partial charge in [0.15, 0.2) is 11.5 Å². The van der Waals surface area contributed by atoms with Crippen LogP contribution in [0.15, 0.2) is 36.4 Å². The number of anilines is 1. The van der Waals surface area contributed by atoms with Gasteiger partial charge in [0.1, 0.15) is 0 Å². The van der Waals surface area contributed by atoms with Crippen molar-refractivity contribution in [3.8, 4) is 11.5 Å². The number of nitrogens with one attached hydrogen (secondary N) is 1. The Hall–Kier alpha value is -2.77. The van der Waals surface area contributed by atoms with Gasteiger partial charge >= 0.3 is 5.97 Å². The number of halogens is 1. The normalized spacial score (nSPS) is 15.5. The highest BCUT2D eigenvalue weighted by molar-refractivity contribution is 6.33. The Labute approximate surface area is 200 Å². The Morgan fingerprint density at radius 1 is 1.06 bits per heavy atom. The molecule has 8 heteroatoms. The smallest absolute Gasteiger partial charge is 0.307 e. The highest BCUT2D eigenvalue weighted by Crippen LogP contribution is 2.40. The molecule has 0 saturated carbocycles. The summed E-state index contributed by atoms with van der Waals surface area (Å²) in [6.45, 7) is 7.68. The number of amides is 1. The van der Waals surface area contributed by atoms with Crippen LogP contribution in [0.2, 0.25) is 5.02 Å². The van der Waals surface area contributed by atoms with E-state index in [2.05, 4.69) is 5.32 Å². The second kappa shape index (κ2) is 11.9. The number of fused-ring (bicyclic) bond motifs is 1. The molecular weight excluding hydrogens is 444 g/mol. The fourth-order valence-electron chi connectivity index (χ4n) is 4.04. The Morgan fingerprint density at radius 2 is 1.76 bits per heavy atom. The summed E-state index contributed by atoms with van der Waals surface area (Å²) in [6, 6.07) is 10.7. The lowest BCUT2D eigenvalue weighted by molar-refractivity contribution is -0.145. The van der Waals surface area contributed by atoms with Crippen molar-refractivity contribution in [1.82, 2.24) is 4.90 Å². The van der Waals surface area contributed by atoms with Crippen molar-refractivity contribution in [2.75, 3.05) is 38.2 Å². The molecule has 3 rings (SSSR count). The highest BCUT2D eigenvalue weighted by atomic mass is 35.5. The third-order valence-corrected chi connectivity index (χ3v) is 5.76. The van der Waals surface area contributed by atoms with Crippen LogP contribution in [0.3, 0.4) is 0 Å². The lowest BCUT2D eigenvalue weighted by Crippen LogP contribution is -2.41. The lowest BCUT2D eigenvalue weighted by atomic mass is 9.90. The molecule has 178 valence electrons. The highest BCUT2D eigenvalue weighted by Gasteiger charge is 2.32. The summed E-state index contributed by atoms with van der Waals surface area (Å²) in [5, 5.41) is 3.34. The summed E-state index contributed by atoms with van der Waals surface area (Å²) in [6.07, 6.45) is 0.861. The molecule has 1 N–H and O–H groups in total. The zero-order valence-electron chi connectivity index (χ0n) is 19.4. The maximum atomic E-state index is 12.8. The van der Waals surface area contributed by atoms with E-state index in [4.69, 9.17) is 25.8 Å². The van der Waals surface area contributed by atoms with Crippen molar-refractivity contribution < 1.29 is 23.8 Å². The molecule has 0 radical (unpaired) electrons. The van der Waals surface area contributed by atoms with Gasteiger partial charge in [-0.25, -0.2) is 0 Å². The zero-order chi connectivity index (χ0) is 23.8. The van der Waals surface area contributed by atoms with E-state index in [9.17, 15) is 9.59 Å². The van der Waals surface area contributed by atoms with Crippen LogP contribution in [0, 0.1) is 0 Å². The average molecular weight is 475 g/mol. The molecule has 0 bridgehead atoms. The first-order valence-corrected chi connectivity index (χ1v) is 11.7. The summed E-state index contributed by atoms with van der Waals surface area (Å²) in [5.41, 5.74) is 2.59. The van der Waals surface area contributed by atoms with Crippen LogP contribution in [-0.2, 0) is 20.7 Å². The third kappa shape index (κ3) is 6.39. The molecule has 0 spiro atoms. The number of carbonyl (C=O) groups is 2. The van der Waals surface area contributed by atoms with Crippen LogP contribution < -0.4 is 14.8 Å². The summed E-state index contributed by atoms with van der Waals surface area (Å²) >= 11 is 6.18. The van der Waals surface area contributed by atoms with Crippen LogP contribution in [0.25, 0.3) is 0 Å². The minimum Gasteiger partial charge on any atom is -0.490 e. The number of hydrogen-bond acceptors (Lipinski definition) is 6. The summed E-state index contributed by atoms with van der Waals surface area (Å²) in [7, 11) is 0. The second-order valence-electron chi connectivity index (χ2n) is 7.64. The van der Waals surface area contributed by atoms with Crippen LogP contribution in [0.4, 0.5) is 5.69 Å². The first-order chi connectivity index (χ1) is 16.0. The molecule has 0 aliphatic carbocycles. The van der Waals surface area contributed by atoms with Gasteiger partial charge in [0, 0.05) is 12.6 Å². The first-order valence-electron chi connectivity index (χ1n) is 11.3. The minimum absolute atomic E-state index is 0.117. The van der Waals surface area contributed by atoms with Gasteiger partial charge in [-0.05, 0) is 62.6 Å². The van der Waals surface area contributed by atoms with Crippen molar-refractivity contribution in [2.24, 2.45) is 0 Å². The first kappa shape index (κ1) is 24.9. The van der Waals surface area contributed by atoms with Gasteiger partial charge in [0.05, 0.1) is 43.5 Å². The number of carbonyl (C=O) groups excluding carboxylic acids is 2. The zero-order valence-corrected chi connectivity index (χ0v) is 20.1. The van der Waals surface area contributed by atoms with E-state index in [0.717, 1.165) is 17.5 Å². The number of para-hydroxylation sites is 1. The van der Waals surface area contributed by atoms with E-state index in [-0.39, 0.29) is 30.9 Å². The quantitative estimate of drug-likeness (QED) is 0.506. The largest absolute Gasteiger partial charge is 0.490 e. The number of esters is 1. The molecule has 7 nitrogen and oxygen atoms in total. The molecule has 0 unspecified atom stereocenters. The van der Waals surface area contributed by atoms with Crippen molar-refractivity contribution in [1.29, 1.82) is 0 Å². The van der Waals surface area contributed by atoms with E-state index in [0.29, 0.717) is 48.6 Å². The Balaban J connectivity index is 1.88. The molecule has 1 aliphatic rings. The Kier molecular flexibility index (Phi) is 8.97. The molecule has 33 heavy (non-hydrogen) atoms. The van der Waals surface area contributed by atoms with Gasteiger partial charge in [-0.1, -0.05) is 23.7 Å². The summed E-state index contributed by atoms with van der Waals surface area (Å²) in [5.74, 6) is 0.822. The Bertz CT molecular complexity index is 981. The van der Waals surface area contributed by atoms with Crippen LogP contribution >= 0.6 is 11.6 Å². The van der Waals surface area contributed by atoms with Crippen LogP contribution in [0.1, 0.15) is 44.4 Å². The monoisotopic (exact) mass is 474 g/mol. The molecule has 0 fully saturated rings. The van der Waals surface area contributed by atoms with E-state index in [1.165, 1.54) is 0 Å². The fourth-order valence-corrected chi connectivity index (χ4v) is 4.22. The maximum Gasteiger partial charge on any atom is 0.307 e. The van der Waals surface area contributed by atoms with Crippen molar-refractivity contribution in [3.05, 3.63) is 52.5 Å². The van der Waals surface area contributed by atoms with Gasteiger partial charge in [-0.15, -0.1) is 0 Å². The minimum atomic E-state index is -0.320. The summed E-state index contributed by atoms with van der Waals surface area (Å²) < 4.78 is 16.8. The molecule has 2 aromatic rings. The lowest BCUT2D eigenvalue weighted by Gasteiger charge is -2.37. The van der Waals surface area contributed by atoms with E-state index >= 15 is 0 Å². The van der Waals surface area contributed by atoms with Crippen molar-refractivity contribution >= 4 is 29.2 Å². The third-order valence-electron chi connectivity index (χ3n) is 5.43. The molecule has 2 aromatic carbocycles. The topological polar surface area (TPSA) is 77.1 Å². The average Bonchev–Trinajstić information content (AvgIpc) is 2.78. The van der Waals surface area contributed by atoms with E-state index in [1.54, 1.807) is 25.1 Å². The fraction of sp³-hybridized carbons (Fsp3) is 0.440. The van der Waals surface area contributed by atoms with Crippen molar-refractivity contribution in [2.45, 2.75) is 39.7 Å². The van der Waals surface area contributed by atoms with E-state index < -0.39 is 0 Å². The summed E-state index contributed by atoms with van der Waals surface area (Å²) in [4.78, 5) is 27.3. The van der Waals surface area contributed by atoms with Gasteiger partial charge < -0.3 is 19.5 Å². The van der Waals surface area contributed by atoms with Crippen LogP contribution in [-0.4, -0.2) is 49.7 Å². The number of ether oxygens (including phenoxy) is 3. The SMILES string of the molecule is CCOC(=O)C[C@@H]1c2cc(OCC)c(OCC)cc2CCN1CC(=O)Nc1ccccc1Cl. The second-order valence-corrected chi connectivity index (χ2v) is 8.04. The van der Waals surface area contributed by atoms with Crippen molar-refractivity contribution in [3.63, 3.8) is 0 Å². The van der Waals surface area contributed by atoms with Gasteiger partial charge in [-0.3, -0.25) is 14.5 Å². The standard InChI is InChI=1S/C25H31ClN2O5/c1-4-31-22-13-17-11-12-28(16-24(29)27-20-10-8-7-9-19(20)26)21(15-25(30)33-6-3)18(17)14-23(22)32-5-2/h7-10,13-14,21H,4-6,11-12,15-16H2,1-3H3,(H,27,29)/t21-/m1/s1. The maximum absolute atomic E-state index is 12.8. The molecule has 0 saturated heterocycles. The molecule has 1 aliphatic heterocycles. The van der Waals surface area contributed by atoms with E-state index in [1.807, 2.05) is 36.9 Å².